The third-order valence-corrected chi connectivity index (χ3v) is 2.38. The summed E-state index contributed by atoms with van der Waals surface area (Å²) < 4.78 is 10.7. The van der Waals surface area contributed by atoms with Crippen molar-refractivity contribution in [1.82, 2.24) is 10.6 Å². The molecule has 0 saturated carbocycles. The van der Waals surface area contributed by atoms with Crippen LogP contribution in [0.25, 0.3) is 0 Å². The van der Waals surface area contributed by atoms with Crippen molar-refractivity contribution in [3.05, 3.63) is 24.3 Å². The van der Waals surface area contributed by atoms with Crippen molar-refractivity contribution in [2.45, 2.75) is 0 Å². The predicted octanol–water partition coefficient (Wildman–Crippen LogP) is 1.24. The molecule has 0 spiro atoms. The van der Waals surface area contributed by atoms with Gasteiger partial charge in [-0.25, -0.2) is 0 Å². The summed E-state index contributed by atoms with van der Waals surface area (Å²) in [7, 11) is 1.64. The number of methoxy groups -OCH3 is 1. The van der Waals surface area contributed by atoms with Crippen molar-refractivity contribution < 1.29 is 9.47 Å². The second-order valence-corrected chi connectivity index (χ2v) is 3.61. The van der Waals surface area contributed by atoms with Crippen LogP contribution in [0.1, 0.15) is 0 Å². The Kier molecular flexibility index (Phi) is 6.63. The van der Waals surface area contributed by atoms with Crippen LogP contribution >= 0.6 is 24.0 Å². The Morgan fingerprint density at radius 2 is 2.22 bits per heavy atom. The van der Waals surface area contributed by atoms with Gasteiger partial charge in [-0.3, -0.25) is 4.99 Å². The van der Waals surface area contributed by atoms with E-state index in [4.69, 9.17) is 9.47 Å². The molecule has 6 heteroatoms. The van der Waals surface area contributed by atoms with Crippen molar-refractivity contribution >= 4 is 29.9 Å². The Bertz CT molecular complexity index is 399. The Labute approximate surface area is 124 Å². The molecule has 0 bridgehead atoms. The number of benzene rings is 1. The lowest BCUT2D eigenvalue weighted by molar-refractivity contribution is 0.319. The Morgan fingerprint density at radius 1 is 1.39 bits per heavy atom. The van der Waals surface area contributed by atoms with E-state index in [1.807, 2.05) is 24.3 Å². The summed E-state index contributed by atoms with van der Waals surface area (Å²) in [5.74, 6) is 2.48. The minimum Gasteiger partial charge on any atom is -0.497 e. The molecule has 0 fully saturated rings. The molecule has 0 radical (unpaired) electrons. The molecule has 18 heavy (non-hydrogen) atoms. The molecule has 2 N–H and O–H groups in total. The molecule has 1 aliphatic rings. The summed E-state index contributed by atoms with van der Waals surface area (Å²) in [4.78, 5) is 4.23. The van der Waals surface area contributed by atoms with E-state index in [-0.39, 0.29) is 24.0 Å². The molecule has 5 nitrogen and oxygen atoms in total. The van der Waals surface area contributed by atoms with Crippen molar-refractivity contribution in [3.8, 4) is 11.5 Å². The molecular formula is C12H18IN3O2. The van der Waals surface area contributed by atoms with Gasteiger partial charge in [0.1, 0.15) is 18.1 Å². The topological polar surface area (TPSA) is 54.9 Å². The third kappa shape index (κ3) is 4.59. The molecule has 0 unspecified atom stereocenters. The second-order valence-electron chi connectivity index (χ2n) is 3.61. The van der Waals surface area contributed by atoms with Gasteiger partial charge in [0.25, 0.3) is 0 Å². The number of ether oxygens (including phenoxy) is 2. The number of halogens is 1. The van der Waals surface area contributed by atoms with Crippen molar-refractivity contribution in [2.75, 3.05) is 33.4 Å². The standard InChI is InChI=1S/C12H17N3O2.HI/c1-16-10-3-2-4-11(9-10)17-8-7-15-12-13-5-6-14-12;/h2-4,9H,5-8H2,1H3,(H2,13,14,15);1H. The molecule has 1 aromatic rings. The molecular weight excluding hydrogens is 345 g/mol. The van der Waals surface area contributed by atoms with Gasteiger partial charge in [0.15, 0.2) is 5.96 Å². The van der Waals surface area contributed by atoms with Crippen LogP contribution in [0.5, 0.6) is 11.5 Å². The lowest BCUT2D eigenvalue weighted by atomic mass is 10.3. The van der Waals surface area contributed by atoms with Crippen LogP contribution in [0.3, 0.4) is 0 Å². The highest BCUT2D eigenvalue weighted by Gasteiger charge is 2.02. The number of aliphatic imine (C=N–C) groups is 1. The SMILES string of the molecule is COc1cccc(OCCNC2=NCCN2)c1.I. The predicted molar refractivity (Wildman–Crippen MR) is 82.2 cm³/mol. The molecule has 2 rings (SSSR count). The largest absolute Gasteiger partial charge is 0.497 e. The Morgan fingerprint density at radius 3 is 2.94 bits per heavy atom. The van der Waals surface area contributed by atoms with Crippen molar-refractivity contribution in [2.24, 2.45) is 4.99 Å². The first kappa shape index (κ1) is 14.9. The van der Waals surface area contributed by atoms with Gasteiger partial charge in [-0.15, -0.1) is 24.0 Å². The maximum atomic E-state index is 5.58. The summed E-state index contributed by atoms with van der Waals surface area (Å²) in [5, 5.41) is 6.30. The molecule has 0 atom stereocenters. The summed E-state index contributed by atoms with van der Waals surface area (Å²) >= 11 is 0. The summed E-state index contributed by atoms with van der Waals surface area (Å²) in [5.41, 5.74) is 0. The minimum absolute atomic E-state index is 0. The first-order chi connectivity index (χ1) is 8.38. The van der Waals surface area contributed by atoms with E-state index in [1.165, 1.54) is 0 Å². The molecule has 1 aliphatic heterocycles. The van der Waals surface area contributed by atoms with Gasteiger partial charge in [-0.1, -0.05) is 6.07 Å². The van der Waals surface area contributed by atoms with E-state index in [1.54, 1.807) is 7.11 Å². The van der Waals surface area contributed by atoms with Crippen LogP contribution in [0.2, 0.25) is 0 Å². The molecule has 0 aliphatic carbocycles. The minimum atomic E-state index is 0. The van der Waals surface area contributed by atoms with Crippen LogP contribution in [0, 0.1) is 0 Å². The van der Waals surface area contributed by atoms with E-state index in [0.717, 1.165) is 37.1 Å². The molecule has 1 heterocycles. The lowest BCUT2D eigenvalue weighted by Gasteiger charge is -2.09. The molecule has 100 valence electrons. The van der Waals surface area contributed by atoms with Crippen LogP contribution < -0.4 is 20.1 Å². The maximum Gasteiger partial charge on any atom is 0.191 e. The zero-order valence-electron chi connectivity index (χ0n) is 10.3. The first-order valence-electron chi connectivity index (χ1n) is 5.67. The fourth-order valence-electron chi connectivity index (χ4n) is 1.55. The smallest absolute Gasteiger partial charge is 0.191 e. The van der Waals surface area contributed by atoms with E-state index in [0.29, 0.717) is 6.61 Å². The van der Waals surface area contributed by atoms with Gasteiger partial charge in [0.05, 0.1) is 20.2 Å². The van der Waals surface area contributed by atoms with Gasteiger partial charge in [0, 0.05) is 12.6 Å². The monoisotopic (exact) mass is 363 g/mol. The zero-order chi connectivity index (χ0) is 11.9. The molecule has 0 amide bonds. The number of hydrogen-bond acceptors (Lipinski definition) is 5. The summed E-state index contributed by atoms with van der Waals surface area (Å²) in [6, 6.07) is 7.58. The van der Waals surface area contributed by atoms with Gasteiger partial charge in [-0.05, 0) is 12.1 Å². The third-order valence-electron chi connectivity index (χ3n) is 2.38. The summed E-state index contributed by atoms with van der Waals surface area (Å²) in [6.45, 7) is 3.08. The molecule has 1 aromatic carbocycles. The average molecular weight is 363 g/mol. The maximum absolute atomic E-state index is 5.58. The Balaban J connectivity index is 0.00000162. The lowest BCUT2D eigenvalue weighted by Crippen LogP contribution is -2.36. The van der Waals surface area contributed by atoms with E-state index in [2.05, 4.69) is 15.6 Å². The highest BCUT2D eigenvalue weighted by Crippen LogP contribution is 2.18. The zero-order valence-corrected chi connectivity index (χ0v) is 12.6. The first-order valence-corrected chi connectivity index (χ1v) is 5.67. The normalized spacial score (nSPS) is 13.1. The molecule has 0 aromatic heterocycles. The second kappa shape index (κ2) is 8.02. The molecule has 0 saturated heterocycles. The van der Waals surface area contributed by atoms with Crippen LogP contribution in [0.4, 0.5) is 0 Å². The van der Waals surface area contributed by atoms with Crippen molar-refractivity contribution in [3.63, 3.8) is 0 Å². The fourth-order valence-corrected chi connectivity index (χ4v) is 1.55. The van der Waals surface area contributed by atoms with Crippen LogP contribution in [-0.4, -0.2) is 39.3 Å². The number of rotatable bonds is 5. The average Bonchev–Trinajstić information content (AvgIpc) is 2.88. The number of guanidine groups is 1. The quantitative estimate of drug-likeness (QED) is 0.611. The van der Waals surface area contributed by atoms with Crippen LogP contribution in [-0.2, 0) is 0 Å². The van der Waals surface area contributed by atoms with E-state index < -0.39 is 0 Å². The van der Waals surface area contributed by atoms with Gasteiger partial charge >= 0.3 is 0 Å². The van der Waals surface area contributed by atoms with Gasteiger partial charge < -0.3 is 20.1 Å². The van der Waals surface area contributed by atoms with Crippen molar-refractivity contribution in [1.29, 1.82) is 0 Å². The van der Waals surface area contributed by atoms with Crippen LogP contribution in [0.15, 0.2) is 29.3 Å². The van der Waals surface area contributed by atoms with Gasteiger partial charge in [0.2, 0.25) is 0 Å². The van der Waals surface area contributed by atoms with E-state index in [9.17, 15) is 0 Å². The van der Waals surface area contributed by atoms with Gasteiger partial charge in [-0.2, -0.15) is 0 Å². The number of nitrogens with zero attached hydrogens (tertiary/aromatic N) is 1. The number of nitrogens with one attached hydrogen (secondary N) is 2. The highest BCUT2D eigenvalue weighted by molar-refractivity contribution is 14.0. The highest BCUT2D eigenvalue weighted by atomic mass is 127. The fraction of sp³-hybridized carbons (Fsp3) is 0.417. The van der Waals surface area contributed by atoms with E-state index >= 15 is 0 Å². The Hall–Kier alpha value is -1.18. The number of hydrogen-bond donors (Lipinski definition) is 2. The summed E-state index contributed by atoms with van der Waals surface area (Å²) in [6.07, 6.45) is 0.